The van der Waals surface area contributed by atoms with Crippen LogP contribution in [0, 0.1) is 11.3 Å². The Hall–Kier alpha value is -4.35. The van der Waals surface area contributed by atoms with Crippen LogP contribution in [0.4, 0.5) is 16.3 Å². The van der Waals surface area contributed by atoms with E-state index in [1.54, 1.807) is 31.4 Å². The highest BCUT2D eigenvalue weighted by Crippen LogP contribution is 2.33. The summed E-state index contributed by atoms with van der Waals surface area (Å²) in [6.07, 6.45) is 0. The van der Waals surface area contributed by atoms with Crippen molar-refractivity contribution in [2.24, 2.45) is 0 Å². The number of nitrogens with one attached hydrogen (secondary N) is 1. The number of fused-ring (bicyclic) bond motifs is 1. The van der Waals surface area contributed by atoms with Crippen molar-refractivity contribution in [1.82, 2.24) is 15.1 Å². The van der Waals surface area contributed by atoms with E-state index in [4.69, 9.17) is 10.00 Å². The van der Waals surface area contributed by atoms with Gasteiger partial charge in [-0.2, -0.15) is 5.26 Å². The maximum atomic E-state index is 12.9. The van der Waals surface area contributed by atoms with Crippen molar-refractivity contribution >= 4 is 40.7 Å². The fourth-order valence-electron chi connectivity index (χ4n) is 4.56. The number of anilines is 2. The van der Waals surface area contributed by atoms with Gasteiger partial charge in [0.25, 0.3) is 0 Å². The summed E-state index contributed by atoms with van der Waals surface area (Å²) in [7, 11) is 1.65. The zero-order chi connectivity index (χ0) is 25.1. The van der Waals surface area contributed by atoms with Crippen molar-refractivity contribution in [1.29, 1.82) is 5.26 Å². The Bertz CT molecular complexity index is 1440. The average Bonchev–Trinajstić information content (AvgIpc) is 2.93. The molecule has 0 bridgehead atoms. The molecule has 5 rings (SSSR count). The Morgan fingerprint density at radius 2 is 1.70 bits per heavy atom. The van der Waals surface area contributed by atoms with Crippen molar-refractivity contribution in [3.05, 3.63) is 78.4 Å². The minimum Gasteiger partial charge on any atom is -0.497 e. The van der Waals surface area contributed by atoms with Gasteiger partial charge >= 0.3 is 6.03 Å². The lowest BCUT2D eigenvalue weighted by Gasteiger charge is -2.40. The molecule has 1 aromatic heterocycles. The van der Waals surface area contributed by atoms with E-state index < -0.39 is 0 Å². The molecule has 1 N–H and O–H groups in total. The van der Waals surface area contributed by atoms with E-state index in [1.807, 2.05) is 48.2 Å². The molecular weight excluding hydrogens is 488 g/mol. The third-order valence-corrected chi connectivity index (χ3v) is 6.48. The third-order valence-electron chi connectivity index (χ3n) is 6.48. The van der Waals surface area contributed by atoms with Crippen molar-refractivity contribution in [3.63, 3.8) is 0 Å². The van der Waals surface area contributed by atoms with Crippen LogP contribution in [-0.4, -0.2) is 53.9 Å². The van der Waals surface area contributed by atoms with E-state index in [-0.39, 0.29) is 24.5 Å². The monoisotopic (exact) mass is 514 g/mol. The van der Waals surface area contributed by atoms with Crippen LogP contribution in [0.1, 0.15) is 12.5 Å². The molecule has 3 aromatic carbocycles. The van der Waals surface area contributed by atoms with Crippen LogP contribution in [0.15, 0.2) is 72.8 Å². The summed E-state index contributed by atoms with van der Waals surface area (Å²) in [5.41, 5.74) is 3.02. The van der Waals surface area contributed by atoms with Gasteiger partial charge in [0.1, 0.15) is 11.4 Å². The number of amides is 2. The summed E-state index contributed by atoms with van der Waals surface area (Å²) in [4.78, 5) is 17.0. The van der Waals surface area contributed by atoms with Crippen LogP contribution in [-0.2, 0) is 0 Å². The predicted molar refractivity (Wildman–Crippen MR) is 147 cm³/mol. The van der Waals surface area contributed by atoms with Crippen molar-refractivity contribution in [2.75, 3.05) is 37.0 Å². The van der Waals surface area contributed by atoms with Crippen LogP contribution >= 0.6 is 12.4 Å². The molecule has 0 radical (unpaired) electrons. The number of benzene rings is 3. The number of ether oxygens (including phenoxy) is 1. The lowest BCUT2D eigenvalue weighted by molar-refractivity contribution is 0.184. The Balaban J connectivity index is 0.00000320. The van der Waals surface area contributed by atoms with Crippen molar-refractivity contribution in [3.8, 4) is 23.1 Å². The summed E-state index contributed by atoms with van der Waals surface area (Å²) < 4.78 is 5.28. The van der Waals surface area contributed by atoms with Crippen LogP contribution in [0.2, 0.25) is 0 Å². The standard InChI is InChI=1S/C28H26N6O2.ClH/c1-19-18-33(15-16-34(19)28(35)30-22-11-7-20(17-29)8-12-22)27-25-6-4-3-5-24(25)26(31-32-27)21-9-13-23(36-2)14-10-21;/h3-14,19H,15-16,18H2,1-2H3,(H,30,35);1H. The van der Waals surface area contributed by atoms with E-state index in [0.29, 0.717) is 30.9 Å². The van der Waals surface area contributed by atoms with E-state index in [1.165, 1.54) is 0 Å². The molecule has 188 valence electrons. The molecule has 1 aliphatic heterocycles. The average molecular weight is 515 g/mol. The second-order valence-corrected chi connectivity index (χ2v) is 8.75. The maximum absolute atomic E-state index is 12.9. The molecule has 0 spiro atoms. The molecule has 4 aromatic rings. The number of rotatable bonds is 4. The van der Waals surface area contributed by atoms with Gasteiger partial charge in [-0.05, 0) is 55.5 Å². The molecule has 1 saturated heterocycles. The molecule has 8 nitrogen and oxygen atoms in total. The number of aromatic nitrogens is 2. The number of hydrogen-bond donors (Lipinski definition) is 1. The van der Waals surface area contributed by atoms with Crippen LogP contribution in [0.25, 0.3) is 22.0 Å². The third kappa shape index (κ3) is 5.27. The summed E-state index contributed by atoms with van der Waals surface area (Å²) in [5, 5.41) is 23.2. The fraction of sp³-hybridized carbons (Fsp3) is 0.214. The van der Waals surface area contributed by atoms with Crippen molar-refractivity contribution < 1.29 is 9.53 Å². The van der Waals surface area contributed by atoms with Crippen LogP contribution < -0.4 is 15.0 Å². The molecule has 37 heavy (non-hydrogen) atoms. The lowest BCUT2D eigenvalue weighted by atomic mass is 10.0. The zero-order valence-corrected chi connectivity index (χ0v) is 21.4. The number of hydrogen-bond acceptors (Lipinski definition) is 6. The number of nitriles is 1. The number of methoxy groups -OCH3 is 1. The van der Waals surface area contributed by atoms with Gasteiger partial charge in [-0.3, -0.25) is 0 Å². The maximum Gasteiger partial charge on any atom is 0.322 e. The molecular formula is C28H27ClN6O2. The molecule has 2 heterocycles. The Kier molecular flexibility index (Phi) is 7.75. The topological polar surface area (TPSA) is 94.4 Å². The molecule has 0 aliphatic carbocycles. The van der Waals surface area contributed by atoms with Gasteiger partial charge in [-0.25, -0.2) is 4.79 Å². The van der Waals surface area contributed by atoms with Crippen LogP contribution in [0.5, 0.6) is 5.75 Å². The zero-order valence-electron chi connectivity index (χ0n) is 20.6. The molecule has 1 unspecified atom stereocenters. The SMILES string of the molecule is COc1ccc(-c2nnc(N3CCN(C(=O)Nc4ccc(C#N)cc4)C(C)C3)c3ccccc23)cc1.Cl. The van der Waals surface area contributed by atoms with Crippen LogP contribution in [0.3, 0.4) is 0 Å². The van der Waals surface area contributed by atoms with Gasteiger partial charge in [-0.1, -0.05) is 24.3 Å². The lowest BCUT2D eigenvalue weighted by Crippen LogP contribution is -2.55. The first-order chi connectivity index (χ1) is 17.6. The van der Waals surface area contributed by atoms with E-state index in [9.17, 15) is 4.79 Å². The number of halogens is 1. The number of carbonyl (C=O) groups excluding carboxylic acids is 1. The first-order valence-electron chi connectivity index (χ1n) is 11.8. The minimum atomic E-state index is -0.155. The second kappa shape index (κ2) is 11.1. The number of urea groups is 1. The summed E-state index contributed by atoms with van der Waals surface area (Å²) in [6, 6.07) is 24.7. The Morgan fingerprint density at radius 1 is 1.00 bits per heavy atom. The highest BCUT2D eigenvalue weighted by Gasteiger charge is 2.29. The largest absolute Gasteiger partial charge is 0.497 e. The van der Waals surface area contributed by atoms with E-state index in [2.05, 4.69) is 38.6 Å². The Morgan fingerprint density at radius 3 is 2.35 bits per heavy atom. The van der Waals surface area contributed by atoms with Gasteiger partial charge in [0.05, 0.1) is 18.7 Å². The van der Waals surface area contributed by atoms with Gasteiger partial charge in [-0.15, -0.1) is 22.6 Å². The normalized spacial score (nSPS) is 15.0. The van der Waals surface area contributed by atoms with E-state index >= 15 is 0 Å². The highest BCUT2D eigenvalue weighted by molar-refractivity contribution is 6.00. The summed E-state index contributed by atoms with van der Waals surface area (Å²) in [6.45, 7) is 3.87. The molecule has 2 amide bonds. The number of nitrogens with zero attached hydrogens (tertiary/aromatic N) is 5. The molecule has 9 heteroatoms. The number of piperazine rings is 1. The highest BCUT2D eigenvalue weighted by atomic mass is 35.5. The van der Waals surface area contributed by atoms with Gasteiger partial charge in [0.2, 0.25) is 0 Å². The van der Waals surface area contributed by atoms with Gasteiger partial charge in [0, 0.05) is 47.7 Å². The first kappa shape index (κ1) is 25.7. The van der Waals surface area contributed by atoms with E-state index in [0.717, 1.165) is 33.6 Å². The first-order valence-corrected chi connectivity index (χ1v) is 11.8. The second-order valence-electron chi connectivity index (χ2n) is 8.75. The van der Waals surface area contributed by atoms with Gasteiger partial charge < -0.3 is 19.9 Å². The molecule has 1 fully saturated rings. The molecule has 0 saturated carbocycles. The summed E-state index contributed by atoms with van der Waals surface area (Å²) in [5.74, 6) is 1.62. The Labute approximate surface area is 221 Å². The molecule has 1 atom stereocenters. The number of carbonyl (C=O) groups is 1. The fourth-order valence-corrected chi connectivity index (χ4v) is 4.56. The smallest absolute Gasteiger partial charge is 0.322 e. The molecule has 1 aliphatic rings. The quantitative estimate of drug-likeness (QED) is 0.395. The van der Waals surface area contributed by atoms with Crippen molar-refractivity contribution in [2.45, 2.75) is 13.0 Å². The van der Waals surface area contributed by atoms with Gasteiger partial charge in [0.15, 0.2) is 5.82 Å². The predicted octanol–water partition coefficient (Wildman–Crippen LogP) is 5.34. The summed E-state index contributed by atoms with van der Waals surface area (Å²) >= 11 is 0. The minimum absolute atomic E-state index is 0.